The van der Waals surface area contributed by atoms with E-state index in [1.807, 2.05) is 54.6 Å². The van der Waals surface area contributed by atoms with E-state index >= 15 is 0 Å². The van der Waals surface area contributed by atoms with Gasteiger partial charge in [-0.2, -0.15) is 5.26 Å². The molecule has 0 saturated heterocycles. The molecule has 6 heteroatoms. The highest BCUT2D eigenvalue weighted by Gasteiger charge is 2.30. The smallest absolute Gasteiger partial charge is 0.268 e. The monoisotopic (exact) mass is 468 g/mol. The SMILES string of the molecule is COc1ccc(S(=O)(=O)n2c(-c3ccccc3)c(C3=C(C#N)CCCC3)c3ccccc32)cc1. The number of para-hydroxylation sites is 1. The van der Waals surface area contributed by atoms with Gasteiger partial charge in [-0.15, -0.1) is 0 Å². The summed E-state index contributed by atoms with van der Waals surface area (Å²) in [7, 11) is -2.41. The highest BCUT2D eigenvalue weighted by molar-refractivity contribution is 7.90. The molecule has 1 aliphatic rings. The zero-order valence-electron chi connectivity index (χ0n) is 18.9. The van der Waals surface area contributed by atoms with Crippen molar-refractivity contribution in [2.24, 2.45) is 0 Å². The lowest BCUT2D eigenvalue weighted by molar-refractivity contribution is 0.414. The van der Waals surface area contributed by atoms with Crippen molar-refractivity contribution in [2.45, 2.75) is 30.6 Å². The van der Waals surface area contributed by atoms with E-state index in [9.17, 15) is 13.7 Å². The second-order valence-corrected chi connectivity index (χ2v) is 10.1. The molecule has 0 fully saturated rings. The molecule has 1 heterocycles. The highest BCUT2D eigenvalue weighted by Crippen LogP contribution is 2.44. The third kappa shape index (κ3) is 3.59. The number of nitrogens with zero attached hydrogens (tertiary/aromatic N) is 2. The normalized spacial score (nSPS) is 14.2. The summed E-state index contributed by atoms with van der Waals surface area (Å²) in [6, 6.07) is 26.0. The molecule has 0 unspecified atom stereocenters. The molecule has 0 bridgehead atoms. The second kappa shape index (κ2) is 8.85. The third-order valence-corrected chi connectivity index (χ3v) is 8.11. The summed E-state index contributed by atoms with van der Waals surface area (Å²) in [6.45, 7) is 0. The summed E-state index contributed by atoms with van der Waals surface area (Å²) in [5.41, 5.74) is 4.53. The fourth-order valence-corrected chi connectivity index (χ4v) is 6.33. The van der Waals surface area contributed by atoms with Crippen LogP contribution in [0.5, 0.6) is 5.75 Å². The van der Waals surface area contributed by atoms with Gasteiger partial charge < -0.3 is 4.74 Å². The van der Waals surface area contributed by atoms with Crippen LogP contribution in [0.1, 0.15) is 31.2 Å². The zero-order valence-corrected chi connectivity index (χ0v) is 19.7. The Bertz CT molecular complexity index is 1540. The van der Waals surface area contributed by atoms with E-state index in [1.165, 1.54) is 3.97 Å². The summed E-state index contributed by atoms with van der Waals surface area (Å²) in [5.74, 6) is 0.589. The van der Waals surface area contributed by atoms with Gasteiger partial charge in [-0.1, -0.05) is 48.5 Å². The number of ether oxygens (including phenoxy) is 1. The van der Waals surface area contributed by atoms with E-state index in [2.05, 4.69) is 6.07 Å². The molecule has 1 aromatic heterocycles. The van der Waals surface area contributed by atoms with Crippen molar-refractivity contribution in [3.63, 3.8) is 0 Å². The van der Waals surface area contributed by atoms with Crippen molar-refractivity contribution in [3.8, 4) is 23.1 Å². The molecule has 4 aromatic rings. The molecule has 0 spiro atoms. The Hall–Kier alpha value is -3.82. The largest absolute Gasteiger partial charge is 0.497 e. The predicted octanol–water partition coefficient (Wildman–Crippen LogP) is 6.41. The topological polar surface area (TPSA) is 72.1 Å². The molecule has 0 amide bonds. The summed E-state index contributed by atoms with van der Waals surface area (Å²) in [5, 5.41) is 10.7. The van der Waals surface area contributed by atoms with Crippen molar-refractivity contribution in [1.82, 2.24) is 3.97 Å². The van der Waals surface area contributed by atoms with Gasteiger partial charge in [-0.25, -0.2) is 12.4 Å². The van der Waals surface area contributed by atoms with Crippen LogP contribution in [0.4, 0.5) is 0 Å². The van der Waals surface area contributed by atoms with Crippen LogP contribution < -0.4 is 4.74 Å². The standard InChI is InChI=1S/C28H24N2O3S/c1-33-22-15-17-23(18-16-22)34(31,32)30-26-14-8-7-13-25(26)27(24-12-6-5-11-21(24)19-29)28(30)20-9-3-2-4-10-20/h2-4,7-10,13-18H,5-6,11-12H2,1H3. The number of allylic oxidation sites excluding steroid dienone is 2. The number of fused-ring (bicyclic) bond motifs is 1. The van der Waals surface area contributed by atoms with Crippen molar-refractivity contribution in [3.05, 3.63) is 90.0 Å². The van der Waals surface area contributed by atoms with Crippen LogP contribution >= 0.6 is 0 Å². The number of benzene rings is 3. The number of hydrogen-bond acceptors (Lipinski definition) is 4. The fourth-order valence-electron chi connectivity index (χ4n) is 4.78. The van der Waals surface area contributed by atoms with Crippen LogP contribution in [0.2, 0.25) is 0 Å². The first-order valence-corrected chi connectivity index (χ1v) is 12.7. The van der Waals surface area contributed by atoms with Gasteiger partial charge in [0.1, 0.15) is 5.75 Å². The third-order valence-electron chi connectivity index (χ3n) is 6.38. The van der Waals surface area contributed by atoms with E-state index in [1.54, 1.807) is 31.4 Å². The summed E-state index contributed by atoms with van der Waals surface area (Å²) >= 11 is 0. The van der Waals surface area contributed by atoms with E-state index in [4.69, 9.17) is 4.74 Å². The molecule has 0 N–H and O–H groups in total. The first-order valence-electron chi connectivity index (χ1n) is 11.3. The van der Waals surface area contributed by atoms with Gasteiger partial charge in [0.05, 0.1) is 29.3 Å². The Morgan fingerprint density at radius 3 is 2.26 bits per heavy atom. The summed E-state index contributed by atoms with van der Waals surface area (Å²) in [4.78, 5) is 0.177. The average molecular weight is 469 g/mol. The molecule has 170 valence electrons. The number of hydrogen-bond donors (Lipinski definition) is 0. The zero-order chi connectivity index (χ0) is 23.7. The van der Waals surface area contributed by atoms with Crippen LogP contribution in [0.15, 0.2) is 89.3 Å². The first-order chi connectivity index (χ1) is 16.6. The van der Waals surface area contributed by atoms with Gasteiger partial charge in [0.2, 0.25) is 0 Å². The van der Waals surface area contributed by atoms with Gasteiger partial charge in [0.15, 0.2) is 0 Å². The molecule has 0 atom stereocenters. The van der Waals surface area contributed by atoms with Crippen molar-refractivity contribution < 1.29 is 13.2 Å². The molecule has 5 nitrogen and oxygen atoms in total. The van der Waals surface area contributed by atoms with Gasteiger partial charge in [-0.3, -0.25) is 0 Å². The Balaban J connectivity index is 1.91. The molecule has 0 aliphatic heterocycles. The number of methoxy groups -OCH3 is 1. The number of aromatic nitrogens is 1. The Labute approximate surface area is 199 Å². The molecule has 5 rings (SSSR count). The molecule has 34 heavy (non-hydrogen) atoms. The minimum atomic E-state index is -3.96. The molecule has 0 saturated carbocycles. The number of nitriles is 1. The average Bonchev–Trinajstić information content (AvgIpc) is 3.25. The summed E-state index contributed by atoms with van der Waals surface area (Å²) in [6.07, 6.45) is 3.40. The molecule has 0 radical (unpaired) electrons. The molecule has 1 aliphatic carbocycles. The van der Waals surface area contributed by atoms with E-state index in [0.29, 0.717) is 23.4 Å². The van der Waals surface area contributed by atoms with Crippen molar-refractivity contribution >= 4 is 26.5 Å². The Morgan fingerprint density at radius 1 is 0.882 bits per heavy atom. The molecule has 3 aromatic carbocycles. The van der Waals surface area contributed by atoms with Crippen LogP contribution in [0, 0.1) is 11.3 Å². The first kappa shape index (κ1) is 22.0. The summed E-state index contributed by atoms with van der Waals surface area (Å²) < 4.78 is 34.9. The maximum absolute atomic E-state index is 14.1. The lowest BCUT2D eigenvalue weighted by Crippen LogP contribution is -2.14. The quantitative estimate of drug-likeness (QED) is 0.339. The van der Waals surface area contributed by atoms with Gasteiger partial charge in [0.25, 0.3) is 10.0 Å². The Kier molecular flexibility index (Phi) is 5.72. The fraction of sp³-hybridized carbons (Fsp3) is 0.179. The minimum Gasteiger partial charge on any atom is -0.497 e. The second-order valence-electron chi connectivity index (χ2n) is 8.33. The lowest BCUT2D eigenvalue weighted by Gasteiger charge is -2.19. The highest BCUT2D eigenvalue weighted by atomic mass is 32.2. The molecular formula is C28H24N2O3S. The van der Waals surface area contributed by atoms with Crippen LogP contribution in [-0.4, -0.2) is 19.5 Å². The van der Waals surface area contributed by atoms with Gasteiger partial charge in [0, 0.05) is 16.5 Å². The Morgan fingerprint density at radius 2 is 1.56 bits per heavy atom. The minimum absolute atomic E-state index is 0.177. The number of rotatable bonds is 5. The van der Waals surface area contributed by atoms with Gasteiger partial charge in [-0.05, 0) is 67.2 Å². The van der Waals surface area contributed by atoms with Crippen molar-refractivity contribution in [2.75, 3.05) is 7.11 Å². The maximum Gasteiger partial charge on any atom is 0.268 e. The van der Waals surface area contributed by atoms with Crippen molar-refractivity contribution in [1.29, 1.82) is 5.26 Å². The maximum atomic E-state index is 14.1. The van der Waals surface area contributed by atoms with Crippen LogP contribution in [0.25, 0.3) is 27.7 Å². The van der Waals surface area contributed by atoms with E-state index in [-0.39, 0.29) is 4.90 Å². The molecular weight excluding hydrogens is 444 g/mol. The lowest BCUT2D eigenvalue weighted by atomic mass is 9.85. The van der Waals surface area contributed by atoms with Crippen LogP contribution in [-0.2, 0) is 10.0 Å². The van der Waals surface area contributed by atoms with Gasteiger partial charge >= 0.3 is 0 Å². The van der Waals surface area contributed by atoms with Crippen LogP contribution in [0.3, 0.4) is 0 Å². The van der Waals surface area contributed by atoms with E-state index in [0.717, 1.165) is 46.9 Å². The van der Waals surface area contributed by atoms with E-state index < -0.39 is 10.0 Å². The predicted molar refractivity (Wildman–Crippen MR) is 134 cm³/mol.